The first kappa shape index (κ1) is 38.9. The molecule has 0 unspecified atom stereocenters. The highest BCUT2D eigenvalue weighted by Crippen LogP contribution is 2.54. The standard InChI is InChI=1S/C64H38N2S2/c1-3-17-41(18-4-1)55-49-23-11-12-24-50(49)56(42-19-5-2-6-20-42)60-58(44-29-33-46(34-30-44)64-66-54-38-36-40-16-8-10-22-48(40)62(54)68-64)52-26-14-13-25-51(52)57(59(55)60)43-27-31-45(32-28-43)63-65-53-37-35-39-15-7-9-21-47(39)61(53)67-63/h1-38H. The molecule has 0 aliphatic heterocycles. The van der Waals surface area contributed by atoms with Crippen molar-refractivity contribution in [2.75, 3.05) is 0 Å². The largest absolute Gasteiger partial charge is 0.236 e. The normalized spacial score (nSPS) is 11.8. The summed E-state index contributed by atoms with van der Waals surface area (Å²) in [6, 6.07) is 84.3. The van der Waals surface area contributed by atoms with Crippen molar-refractivity contribution in [1.82, 2.24) is 9.97 Å². The van der Waals surface area contributed by atoms with Gasteiger partial charge < -0.3 is 0 Å². The predicted octanol–water partition coefficient (Wildman–Crippen LogP) is 18.7. The van der Waals surface area contributed by atoms with Crippen LogP contribution in [0.5, 0.6) is 0 Å². The van der Waals surface area contributed by atoms with Gasteiger partial charge in [-0.25, -0.2) is 9.97 Å². The summed E-state index contributed by atoms with van der Waals surface area (Å²) in [5.41, 5.74) is 13.9. The van der Waals surface area contributed by atoms with Gasteiger partial charge in [0.25, 0.3) is 0 Å². The van der Waals surface area contributed by atoms with Crippen molar-refractivity contribution in [3.63, 3.8) is 0 Å². The maximum atomic E-state index is 5.18. The summed E-state index contributed by atoms with van der Waals surface area (Å²) in [4.78, 5) is 10.4. The number of nitrogens with zero attached hydrogens (tertiary/aromatic N) is 2. The molecule has 0 fully saturated rings. The number of rotatable bonds is 6. The van der Waals surface area contributed by atoms with E-state index < -0.39 is 0 Å². The van der Waals surface area contributed by atoms with E-state index in [0.717, 1.165) is 32.2 Å². The number of thiazole rings is 2. The summed E-state index contributed by atoms with van der Waals surface area (Å²) in [6.07, 6.45) is 0. The Morgan fingerprint density at radius 1 is 0.235 bits per heavy atom. The van der Waals surface area contributed by atoms with Crippen LogP contribution in [0.3, 0.4) is 0 Å². The van der Waals surface area contributed by atoms with Crippen LogP contribution in [0.1, 0.15) is 0 Å². The summed E-state index contributed by atoms with van der Waals surface area (Å²) in [6.45, 7) is 0. The molecule has 0 amide bonds. The topological polar surface area (TPSA) is 25.8 Å². The Morgan fingerprint density at radius 2 is 0.529 bits per heavy atom. The molecule has 316 valence electrons. The van der Waals surface area contributed by atoms with Crippen LogP contribution in [-0.4, -0.2) is 9.97 Å². The lowest BCUT2D eigenvalue weighted by Crippen LogP contribution is -1.97. The van der Waals surface area contributed by atoms with Crippen molar-refractivity contribution in [2.45, 2.75) is 0 Å². The van der Waals surface area contributed by atoms with Gasteiger partial charge in [-0.3, -0.25) is 0 Å². The zero-order chi connectivity index (χ0) is 44.7. The molecule has 0 spiro atoms. The smallest absolute Gasteiger partial charge is 0.124 e. The molecule has 0 atom stereocenters. The Labute approximate surface area is 400 Å². The second-order valence-corrected chi connectivity index (χ2v) is 19.5. The average molecular weight is 899 g/mol. The van der Waals surface area contributed by atoms with Crippen molar-refractivity contribution in [3.05, 3.63) is 231 Å². The Bertz CT molecular complexity index is 4010. The van der Waals surface area contributed by atoms with Crippen molar-refractivity contribution in [2.24, 2.45) is 0 Å². The van der Waals surface area contributed by atoms with E-state index in [1.165, 1.54) is 108 Å². The lowest BCUT2D eigenvalue weighted by molar-refractivity contribution is 1.48. The van der Waals surface area contributed by atoms with Gasteiger partial charge in [0, 0.05) is 21.9 Å². The fourth-order valence-electron chi connectivity index (χ4n) is 10.7. The second-order valence-electron chi connectivity index (χ2n) is 17.5. The van der Waals surface area contributed by atoms with Gasteiger partial charge in [0.1, 0.15) is 10.0 Å². The molecule has 68 heavy (non-hydrogen) atoms. The average Bonchev–Trinajstić information content (AvgIpc) is 4.07. The third-order valence-corrected chi connectivity index (χ3v) is 16.0. The van der Waals surface area contributed by atoms with Crippen LogP contribution >= 0.6 is 22.7 Å². The van der Waals surface area contributed by atoms with Crippen LogP contribution in [0.4, 0.5) is 0 Å². The van der Waals surface area contributed by atoms with Gasteiger partial charge in [-0.05, 0) is 99.7 Å². The van der Waals surface area contributed by atoms with Crippen LogP contribution in [0.2, 0.25) is 0 Å². The molecule has 12 aromatic carbocycles. The summed E-state index contributed by atoms with van der Waals surface area (Å²) in [7, 11) is 0. The Kier molecular flexibility index (Phi) is 8.98. The van der Waals surface area contributed by atoms with Crippen molar-refractivity contribution >= 4 is 97.0 Å². The molecule has 0 aliphatic carbocycles. The number of aromatic nitrogens is 2. The number of fused-ring (bicyclic) bond motifs is 9. The summed E-state index contributed by atoms with van der Waals surface area (Å²) >= 11 is 3.55. The molecule has 14 aromatic rings. The van der Waals surface area contributed by atoms with Crippen LogP contribution in [-0.2, 0) is 0 Å². The van der Waals surface area contributed by atoms with Gasteiger partial charge in [-0.2, -0.15) is 0 Å². The monoisotopic (exact) mass is 898 g/mol. The van der Waals surface area contributed by atoms with Gasteiger partial charge in [0.2, 0.25) is 0 Å². The third-order valence-electron chi connectivity index (χ3n) is 13.7. The van der Waals surface area contributed by atoms with E-state index in [4.69, 9.17) is 9.97 Å². The minimum absolute atomic E-state index is 1.03. The molecule has 2 heterocycles. The summed E-state index contributed by atoms with van der Waals surface area (Å²) in [5.74, 6) is 0. The van der Waals surface area contributed by atoms with Crippen LogP contribution in [0.15, 0.2) is 231 Å². The molecule has 0 aliphatic rings. The third kappa shape index (κ3) is 6.15. The zero-order valence-electron chi connectivity index (χ0n) is 36.7. The summed E-state index contributed by atoms with van der Waals surface area (Å²) < 4.78 is 2.45. The first-order valence-corrected chi connectivity index (χ1v) is 24.7. The maximum Gasteiger partial charge on any atom is 0.124 e. The molecule has 0 N–H and O–H groups in total. The highest BCUT2D eigenvalue weighted by molar-refractivity contribution is 7.23. The molecule has 2 nitrogen and oxygen atoms in total. The minimum Gasteiger partial charge on any atom is -0.236 e. The van der Waals surface area contributed by atoms with Crippen LogP contribution in [0.25, 0.3) is 140 Å². The first-order valence-electron chi connectivity index (χ1n) is 23.1. The molecule has 2 aromatic heterocycles. The van der Waals surface area contributed by atoms with Crippen molar-refractivity contribution < 1.29 is 0 Å². The predicted molar refractivity (Wildman–Crippen MR) is 293 cm³/mol. The van der Waals surface area contributed by atoms with Crippen LogP contribution < -0.4 is 0 Å². The van der Waals surface area contributed by atoms with E-state index >= 15 is 0 Å². The maximum absolute atomic E-state index is 5.18. The van der Waals surface area contributed by atoms with Crippen molar-refractivity contribution in [1.29, 1.82) is 0 Å². The van der Waals surface area contributed by atoms with E-state index in [1.54, 1.807) is 22.7 Å². The molecule has 14 rings (SSSR count). The molecular formula is C64H38N2S2. The van der Waals surface area contributed by atoms with Crippen LogP contribution in [0, 0.1) is 0 Å². The van der Waals surface area contributed by atoms with Gasteiger partial charge >= 0.3 is 0 Å². The van der Waals surface area contributed by atoms with E-state index in [2.05, 4.69) is 231 Å². The molecule has 4 heteroatoms. The van der Waals surface area contributed by atoms with Gasteiger partial charge in [0.15, 0.2) is 0 Å². The molecule has 0 saturated heterocycles. The lowest BCUT2D eigenvalue weighted by atomic mass is 9.77. The minimum atomic E-state index is 1.03. The van der Waals surface area contributed by atoms with Gasteiger partial charge in [-0.15, -0.1) is 22.7 Å². The van der Waals surface area contributed by atoms with Crippen molar-refractivity contribution in [3.8, 4) is 65.6 Å². The zero-order valence-corrected chi connectivity index (χ0v) is 38.3. The molecular weight excluding hydrogens is 861 g/mol. The number of benzene rings is 12. The lowest BCUT2D eigenvalue weighted by Gasteiger charge is -2.25. The quantitative estimate of drug-likeness (QED) is 0.155. The number of hydrogen-bond donors (Lipinski definition) is 0. The molecule has 0 bridgehead atoms. The molecule has 0 saturated carbocycles. The van der Waals surface area contributed by atoms with E-state index in [9.17, 15) is 0 Å². The highest BCUT2D eigenvalue weighted by atomic mass is 32.1. The fourth-order valence-corrected chi connectivity index (χ4v) is 12.9. The fraction of sp³-hybridized carbons (Fsp3) is 0. The van der Waals surface area contributed by atoms with E-state index in [0.29, 0.717) is 0 Å². The van der Waals surface area contributed by atoms with Gasteiger partial charge in [-0.1, -0.05) is 218 Å². The Balaban J connectivity index is 1.06. The molecule has 0 radical (unpaired) electrons. The van der Waals surface area contributed by atoms with Gasteiger partial charge in [0.05, 0.1) is 20.4 Å². The van der Waals surface area contributed by atoms with E-state index in [-0.39, 0.29) is 0 Å². The second kappa shape index (κ2) is 15.7. The Hall–Kier alpha value is -8.28. The van der Waals surface area contributed by atoms with E-state index in [1.807, 2.05) is 0 Å². The number of hydrogen-bond acceptors (Lipinski definition) is 4. The summed E-state index contributed by atoms with van der Waals surface area (Å²) in [5, 5.41) is 14.4. The first-order chi connectivity index (χ1) is 33.7. The Morgan fingerprint density at radius 3 is 0.897 bits per heavy atom. The SMILES string of the molecule is c1ccc(-c2c3ccccc3c(-c3ccccc3)c3c(-c4ccc(-c5nc6ccc7ccccc7c6s5)cc4)c4ccccc4c(-c4ccc(-c5nc6ccc7ccccc7c6s5)cc4)c23)cc1. The highest BCUT2D eigenvalue weighted by Gasteiger charge is 2.26.